The number of likely N-dealkylation sites (tertiary alicyclic amines) is 1. The van der Waals surface area contributed by atoms with Gasteiger partial charge in [-0.15, -0.1) is 0 Å². The van der Waals surface area contributed by atoms with Crippen molar-refractivity contribution < 1.29 is 28.7 Å². The van der Waals surface area contributed by atoms with Crippen molar-refractivity contribution in [3.63, 3.8) is 0 Å². The molecule has 8 heteroatoms. The largest absolute Gasteiger partial charge is 0.465 e. The van der Waals surface area contributed by atoms with E-state index >= 15 is 0 Å². The summed E-state index contributed by atoms with van der Waals surface area (Å²) >= 11 is 0. The van der Waals surface area contributed by atoms with Crippen LogP contribution in [0.2, 0.25) is 0 Å². The first-order valence-corrected chi connectivity index (χ1v) is 20.0. The lowest BCUT2D eigenvalue weighted by atomic mass is 9.53. The third-order valence-corrected chi connectivity index (χ3v) is 13.0. The van der Waals surface area contributed by atoms with Crippen LogP contribution in [0, 0.1) is 52.8 Å². The third-order valence-electron chi connectivity index (χ3n) is 13.0. The molecule has 1 aliphatic heterocycles. The van der Waals surface area contributed by atoms with Gasteiger partial charge in [-0.2, -0.15) is 0 Å². The lowest BCUT2D eigenvalue weighted by molar-refractivity contribution is -0.149. The van der Waals surface area contributed by atoms with Gasteiger partial charge in [-0.1, -0.05) is 72.5 Å². The van der Waals surface area contributed by atoms with E-state index in [1.807, 2.05) is 0 Å². The Kier molecular flexibility index (Phi) is 15.1. The number of esters is 1. The van der Waals surface area contributed by atoms with Gasteiger partial charge in [-0.25, -0.2) is 4.79 Å². The van der Waals surface area contributed by atoms with E-state index in [-0.39, 0.29) is 43.6 Å². The average molecular weight is 685 g/mol. The van der Waals surface area contributed by atoms with E-state index < -0.39 is 11.9 Å². The molecule has 3 aliphatic carbocycles. The minimum absolute atomic E-state index is 0.0232. The minimum Gasteiger partial charge on any atom is -0.465 e. The maximum atomic E-state index is 12.7. The highest BCUT2D eigenvalue weighted by Gasteiger charge is 2.55. The first kappa shape index (κ1) is 39.4. The zero-order chi connectivity index (χ0) is 35.6. The highest BCUT2D eigenvalue weighted by Crippen LogP contribution is 2.63. The summed E-state index contributed by atoms with van der Waals surface area (Å²) < 4.78 is 10.9. The second kappa shape index (κ2) is 18.7. The first-order valence-electron chi connectivity index (χ1n) is 20.0. The van der Waals surface area contributed by atoms with Crippen LogP contribution in [0.1, 0.15) is 138 Å². The molecule has 0 spiro atoms. The number of ether oxygens (including phenoxy) is 2. The van der Waals surface area contributed by atoms with Crippen molar-refractivity contribution in [2.24, 2.45) is 52.8 Å². The van der Waals surface area contributed by atoms with E-state index in [4.69, 9.17) is 9.47 Å². The van der Waals surface area contributed by atoms with Crippen molar-refractivity contribution in [1.29, 1.82) is 0 Å². The molecule has 0 radical (unpaired) electrons. The molecule has 0 aromatic heterocycles. The van der Waals surface area contributed by atoms with E-state index in [2.05, 4.69) is 52.1 Å². The molecule has 8 nitrogen and oxygen atoms in total. The predicted molar refractivity (Wildman–Crippen MR) is 194 cm³/mol. The molecule has 1 heterocycles. The molecule has 9 unspecified atom stereocenters. The molecule has 4 rings (SSSR count). The zero-order valence-electron chi connectivity index (χ0n) is 31.7. The van der Waals surface area contributed by atoms with Crippen LogP contribution in [0.15, 0.2) is 12.2 Å². The Bertz CT molecular complexity index is 1140. The standard InChI is InChI=1S/C41H68N2O6/c1-7-48-39(46)34-26-43(27-37(34)44)38(45)18-9-8-12-25-42-40(47)49-31-16-10-11-17-33-32(29(4)19-20-31)23-24-41(6)35(21-22-36(33)41)30(5)15-13-14-28(2)3/h10-11,28-36H,7-9,12-27H2,1-6H3,(H,42,47). The number of fused-ring (bicyclic) bond motifs is 3. The number of carbonyl (C=O) groups excluding carboxylic acids is 4. The topological polar surface area (TPSA) is 102 Å². The van der Waals surface area contributed by atoms with E-state index in [0.29, 0.717) is 30.7 Å². The number of carbonyl (C=O) groups is 4. The van der Waals surface area contributed by atoms with E-state index in [0.717, 1.165) is 74.0 Å². The fourth-order valence-corrected chi connectivity index (χ4v) is 10.2. The minimum atomic E-state index is -0.858. The Morgan fingerprint density at radius 2 is 1.73 bits per heavy atom. The Morgan fingerprint density at radius 1 is 0.959 bits per heavy atom. The number of alkyl carbamates (subject to hydrolysis) is 1. The molecule has 9 atom stereocenters. The van der Waals surface area contributed by atoms with E-state index in [1.165, 1.54) is 49.8 Å². The van der Waals surface area contributed by atoms with Crippen LogP contribution >= 0.6 is 0 Å². The van der Waals surface area contributed by atoms with Crippen molar-refractivity contribution in [1.82, 2.24) is 10.2 Å². The van der Waals surface area contributed by atoms with Crippen molar-refractivity contribution >= 4 is 23.8 Å². The summed E-state index contributed by atoms with van der Waals surface area (Å²) in [5, 5.41) is 2.91. The SMILES string of the molecule is CCOC(=O)C1CN(C(=O)CCCCCNC(=O)OC2CC=CCC3C(CCC4(C)C(C(C)CCCC(C)C)CCC34)C(C)CC2)CC1=O. The van der Waals surface area contributed by atoms with Gasteiger partial charge < -0.3 is 19.7 Å². The molecule has 1 saturated heterocycles. The van der Waals surface area contributed by atoms with Gasteiger partial charge in [0.2, 0.25) is 5.91 Å². The van der Waals surface area contributed by atoms with Gasteiger partial charge in [-0.3, -0.25) is 14.4 Å². The lowest BCUT2D eigenvalue weighted by Crippen LogP contribution is -2.44. The van der Waals surface area contributed by atoms with Gasteiger partial charge in [0.15, 0.2) is 5.78 Å². The Morgan fingerprint density at radius 3 is 2.49 bits per heavy atom. The third kappa shape index (κ3) is 10.6. The highest BCUT2D eigenvalue weighted by molar-refractivity contribution is 6.04. The molecule has 3 fully saturated rings. The predicted octanol–water partition coefficient (Wildman–Crippen LogP) is 8.52. The monoisotopic (exact) mass is 685 g/mol. The molecule has 2 amide bonds. The summed E-state index contributed by atoms with van der Waals surface area (Å²) in [4.78, 5) is 50.8. The fraction of sp³-hybridized carbons (Fsp3) is 0.854. The number of ketones is 1. The summed E-state index contributed by atoms with van der Waals surface area (Å²) in [5.41, 5.74) is 0.485. The van der Waals surface area contributed by atoms with Gasteiger partial charge in [0.1, 0.15) is 12.0 Å². The number of hydrogen-bond donors (Lipinski definition) is 1. The second-order valence-corrected chi connectivity index (χ2v) is 16.8. The van der Waals surface area contributed by atoms with E-state index in [1.54, 1.807) is 6.92 Å². The summed E-state index contributed by atoms with van der Waals surface area (Å²) in [6, 6.07) is 0. The Labute approximate surface area is 297 Å². The Hall–Kier alpha value is -2.38. The number of Topliss-reactive ketones (excluding diaryl/α,β-unsaturated/α-hetero) is 1. The fourth-order valence-electron chi connectivity index (χ4n) is 10.2. The van der Waals surface area contributed by atoms with Gasteiger partial charge in [0.05, 0.1) is 13.2 Å². The van der Waals surface area contributed by atoms with Crippen LogP contribution in [0.3, 0.4) is 0 Å². The molecule has 278 valence electrons. The second-order valence-electron chi connectivity index (χ2n) is 16.8. The lowest BCUT2D eigenvalue weighted by Gasteiger charge is -2.51. The first-order chi connectivity index (χ1) is 23.4. The summed E-state index contributed by atoms with van der Waals surface area (Å²) in [7, 11) is 0. The van der Waals surface area contributed by atoms with Gasteiger partial charge >= 0.3 is 12.1 Å². The number of hydrogen-bond acceptors (Lipinski definition) is 6. The van der Waals surface area contributed by atoms with E-state index in [9.17, 15) is 19.2 Å². The van der Waals surface area contributed by atoms with Crippen LogP contribution in [-0.2, 0) is 23.9 Å². The number of nitrogens with one attached hydrogen (secondary N) is 1. The molecule has 1 N–H and O–H groups in total. The highest BCUT2D eigenvalue weighted by atomic mass is 16.6. The van der Waals surface area contributed by atoms with Gasteiger partial charge in [-0.05, 0) is 112 Å². The van der Waals surface area contributed by atoms with Crippen molar-refractivity contribution in [2.45, 2.75) is 144 Å². The number of rotatable bonds is 14. The maximum absolute atomic E-state index is 12.7. The molecule has 4 aliphatic rings. The van der Waals surface area contributed by atoms with Crippen molar-refractivity contribution in [3.05, 3.63) is 12.2 Å². The molecule has 0 bridgehead atoms. The van der Waals surface area contributed by atoms with Crippen molar-refractivity contribution in [3.8, 4) is 0 Å². The number of nitrogens with zero attached hydrogens (tertiary/aromatic N) is 1. The van der Waals surface area contributed by atoms with Gasteiger partial charge in [0, 0.05) is 25.9 Å². The molecule has 2 saturated carbocycles. The number of amides is 2. The number of unbranched alkanes of at least 4 members (excludes halogenated alkanes) is 2. The normalized spacial score (nSPS) is 32.3. The van der Waals surface area contributed by atoms with Crippen LogP contribution in [0.4, 0.5) is 4.79 Å². The van der Waals surface area contributed by atoms with Crippen LogP contribution < -0.4 is 5.32 Å². The smallest absolute Gasteiger partial charge is 0.407 e. The number of allylic oxidation sites excluding steroid dienone is 1. The van der Waals surface area contributed by atoms with Crippen LogP contribution in [0.5, 0.6) is 0 Å². The molecule has 0 aromatic rings. The zero-order valence-corrected chi connectivity index (χ0v) is 31.7. The molecule has 0 aromatic carbocycles. The molecule has 49 heavy (non-hydrogen) atoms. The quantitative estimate of drug-likeness (QED) is 0.0852. The molecular formula is C41H68N2O6. The Balaban J connectivity index is 1.16. The maximum Gasteiger partial charge on any atom is 0.407 e. The van der Waals surface area contributed by atoms with Crippen LogP contribution in [-0.4, -0.2) is 61.0 Å². The van der Waals surface area contributed by atoms with Crippen LogP contribution in [0.25, 0.3) is 0 Å². The van der Waals surface area contributed by atoms with Crippen molar-refractivity contribution in [2.75, 3.05) is 26.2 Å². The summed E-state index contributed by atoms with van der Waals surface area (Å²) in [6.07, 6.45) is 20.3. The molecular weight excluding hydrogens is 616 g/mol. The summed E-state index contributed by atoms with van der Waals surface area (Å²) in [6.45, 7) is 14.9. The summed E-state index contributed by atoms with van der Waals surface area (Å²) in [5.74, 6) is 3.72. The average Bonchev–Trinajstić information content (AvgIpc) is 3.62. The van der Waals surface area contributed by atoms with Gasteiger partial charge in [0.25, 0.3) is 0 Å².